The summed E-state index contributed by atoms with van der Waals surface area (Å²) in [6.45, 7) is 2.76. The molecule has 0 bridgehead atoms. The van der Waals surface area contributed by atoms with Gasteiger partial charge in [0.2, 0.25) is 0 Å². The summed E-state index contributed by atoms with van der Waals surface area (Å²) < 4.78 is 5.80. The number of fused-ring (bicyclic) bond motifs is 1. The summed E-state index contributed by atoms with van der Waals surface area (Å²) in [4.78, 5) is 10.9. The number of carboxylic acid groups (broad SMARTS) is 1. The number of carboxylic acids is 1. The number of hydrogen-bond donors (Lipinski definition) is 3. The van der Waals surface area contributed by atoms with Gasteiger partial charge in [0, 0.05) is 6.54 Å². The minimum absolute atomic E-state index is 0.0446. The SMILES string of the molecule is CNCC1Oc2ccc(C(=O)O)cc2NC1C. The highest BCUT2D eigenvalue weighted by Crippen LogP contribution is 2.32. The van der Waals surface area contributed by atoms with Gasteiger partial charge in [0.25, 0.3) is 0 Å². The minimum Gasteiger partial charge on any atom is -0.485 e. The Labute approximate surface area is 99.8 Å². The second kappa shape index (κ2) is 4.63. The standard InChI is InChI=1S/C12H16N2O3/c1-7-11(6-13-2)17-10-4-3-8(12(15)16)5-9(10)14-7/h3-5,7,11,13-14H,6H2,1-2H3,(H,15,16). The Morgan fingerprint density at radius 3 is 3.00 bits per heavy atom. The van der Waals surface area contributed by atoms with Crippen LogP contribution in [0.4, 0.5) is 5.69 Å². The molecule has 1 aliphatic rings. The molecule has 0 amide bonds. The molecule has 3 N–H and O–H groups in total. The van der Waals surface area contributed by atoms with Crippen molar-refractivity contribution in [1.82, 2.24) is 5.32 Å². The molecule has 1 heterocycles. The highest BCUT2D eigenvalue weighted by Gasteiger charge is 2.26. The summed E-state index contributed by atoms with van der Waals surface area (Å²) in [5, 5.41) is 15.2. The first kappa shape index (κ1) is 11.7. The number of aromatic carboxylic acids is 1. The smallest absolute Gasteiger partial charge is 0.335 e. The lowest BCUT2D eigenvalue weighted by Gasteiger charge is -2.33. The van der Waals surface area contributed by atoms with Crippen molar-refractivity contribution in [3.8, 4) is 5.75 Å². The predicted molar refractivity (Wildman–Crippen MR) is 64.8 cm³/mol. The van der Waals surface area contributed by atoms with Crippen LogP contribution in [0.15, 0.2) is 18.2 Å². The van der Waals surface area contributed by atoms with Gasteiger partial charge >= 0.3 is 5.97 Å². The van der Waals surface area contributed by atoms with E-state index in [1.54, 1.807) is 18.2 Å². The van der Waals surface area contributed by atoms with Crippen LogP contribution >= 0.6 is 0 Å². The van der Waals surface area contributed by atoms with E-state index in [1.165, 1.54) is 0 Å². The number of hydrogen-bond acceptors (Lipinski definition) is 4. The molecule has 2 rings (SSSR count). The lowest BCUT2D eigenvalue weighted by molar-refractivity contribution is 0.0696. The molecule has 5 heteroatoms. The van der Waals surface area contributed by atoms with Crippen molar-refractivity contribution < 1.29 is 14.6 Å². The predicted octanol–water partition coefficient (Wildman–Crippen LogP) is 1.17. The lowest BCUT2D eigenvalue weighted by atomic mass is 10.1. The van der Waals surface area contributed by atoms with Crippen molar-refractivity contribution >= 4 is 11.7 Å². The Morgan fingerprint density at radius 2 is 2.35 bits per heavy atom. The third kappa shape index (κ3) is 2.34. The average molecular weight is 236 g/mol. The molecule has 0 saturated carbocycles. The molecule has 1 aliphatic heterocycles. The van der Waals surface area contributed by atoms with Crippen molar-refractivity contribution in [3.05, 3.63) is 23.8 Å². The van der Waals surface area contributed by atoms with Gasteiger partial charge in [-0.2, -0.15) is 0 Å². The summed E-state index contributed by atoms with van der Waals surface area (Å²) in [5.74, 6) is -0.229. The average Bonchev–Trinajstić information content (AvgIpc) is 2.29. The summed E-state index contributed by atoms with van der Waals surface area (Å²) in [7, 11) is 1.87. The van der Waals surface area contributed by atoms with E-state index in [1.807, 2.05) is 14.0 Å². The number of likely N-dealkylation sites (N-methyl/N-ethyl adjacent to an activating group) is 1. The lowest BCUT2D eigenvalue weighted by Crippen LogP contribution is -2.45. The molecule has 0 aliphatic carbocycles. The fourth-order valence-electron chi connectivity index (χ4n) is 1.90. The van der Waals surface area contributed by atoms with Gasteiger partial charge in [0.15, 0.2) is 0 Å². The van der Waals surface area contributed by atoms with Crippen LogP contribution in [-0.4, -0.2) is 36.8 Å². The Balaban J connectivity index is 2.25. The van der Waals surface area contributed by atoms with Crippen LogP contribution in [0.2, 0.25) is 0 Å². The Morgan fingerprint density at radius 1 is 1.59 bits per heavy atom. The summed E-state index contributed by atoms with van der Waals surface area (Å²) in [6.07, 6.45) is 0.0446. The van der Waals surface area contributed by atoms with Crippen LogP contribution < -0.4 is 15.4 Å². The monoisotopic (exact) mass is 236 g/mol. The number of carbonyl (C=O) groups is 1. The van der Waals surface area contributed by atoms with Crippen molar-refractivity contribution in [3.63, 3.8) is 0 Å². The van der Waals surface area contributed by atoms with Crippen LogP contribution in [0.5, 0.6) is 5.75 Å². The minimum atomic E-state index is -0.931. The number of anilines is 1. The summed E-state index contributed by atoms with van der Waals surface area (Å²) >= 11 is 0. The van der Waals surface area contributed by atoms with E-state index in [4.69, 9.17) is 9.84 Å². The summed E-state index contributed by atoms with van der Waals surface area (Å²) in [5.41, 5.74) is 1.00. The third-order valence-electron chi connectivity index (χ3n) is 2.85. The Kier molecular flexibility index (Phi) is 3.19. The van der Waals surface area contributed by atoms with Crippen molar-refractivity contribution in [2.75, 3.05) is 18.9 Å². The van der Waals surface area contributed by atoms with Crippen LogP contribution in [0.3, 0.4) is 0 Å². The number of rotatable bonds is 3. The van der Waals surface area contributed by atoms with Crippen LogP contribution in [0.25, 0.3) is 0 Å². The largest absolute Gasteiger partial charge is 0.485 e. The molecular weight excluding hydrogens is 220 g/mol. The molecule has 0 radical (unpaired) electrons. The maximum Gasteiger partial charge on any atom is 0.335 e. The number of benzene rings is 1. The molecule has 92 valence electrons. The maximum absolute atomic E-state index is 10.9. The zero-order chi connectivity index (χ0) is 12.4. The van der Waals surface area contributed by atoms with Gasteiger partial charge < -0.3 is 20.5 Å². The van der Waals surface area contributed by atoms with E-state index in [2.05, 4.69) is 10.6 Å². The van der Waals surface area contributed by atoms with E-state index in [9.17, 15) is 4.79 Å². The third-order valence-corrected chi connectivity index (χ3v) is 2.85. The van der Waals surface area contributed by atoms with Gasteiger partial charge in [0.1, 0.15) is 11.9 Å². The quantitative estimate of drug-likeness (QED) is 0.734. The Hall–Kier alpha value is -1.75. The first-order valence-electron chi connectivity index (χ1n) is 5.57. The van der Waals surface area contributed by atoms with Crippen molar-refractivity contribution in [2.24, 2.45) is 0 Å². The normalized spacial score (nSPS) is 22.2. The van der Waals surface area contributed by atoms with Crippen molar-refractivity contribution in [2.45, 2.75) is 19.1 Å². The van der Waals surface area contributed by atoms with Crippen LogP contribution in [0, 0.1) is 0 Å². The van der Waals surface area contributed by atoms with Crippen LogP contribution in [0.1, 0.15) is 17.3 Å². The first-order valence-corrected chi connectivity index (χ1v) is 5.57. The molecule has 2 atom stereocenters. The molecule has 0 aromatic heterocycles. The molecule has 0 spiro atoms. The first-order chi connectivity index (χ1) is 8.11. The molecule has 1 aromatic carbocycles. The van der Waals surface area contributed by atoms with Gasteiger partial charge in [-0.1, -0.05) is 0 Å². The maximum atomic E-state index is 10.9. The molecule has 0 fully saturated rings. The number of ether oxygens (including phenoxy) is 1. The van der Waals surface area contributed by atoms with E-state index in [0.29, 0.717) is 5.75 Å². The van der Waals surface area contributed by atoms with Gasteiger partial charge in [-0.05, 0) is 32.2 Å². The van der Waals surface area contributed by atoms with E-state index in [0.717, 1.165) is 12.2 Å². The second-order valence-corrected chi connectivity index (χ2v) is 4.16. The van der Waals surface area contributed by atoms with E-state index in [-0.39, 0.29) is 17.7 Å². The molecule has 0 saturated heterocycles. The van der Waals surface area contributed by atoms with E-state index >= 15 is 0 Å². The molecule has 2 unspecified atom stereocenters. The van der Waals surface area contributed by atoms with Crippen LogP contribution in [-0.2, 0) is 0 Å². The van der Waals surface area contributed by atoms with Gasteiger partial charge in [-0.15, -0.1) is 0 Å². The summed E-state index contributed by atoms with van der Waals surface area (Å²) in [6, 6.07) is 4.98. The molecule has 5 nitrogen and oxygen atoms in total. The zero-order valence-electron chi connectivity index (χ0n) is 9.86. The molecule has 1 aromatic rings. The number of nitrogens with one attached hydrogen (secondary N) is 2. The van der Waals surface area contributed by atoms with E-state index < -0.39 is 5.97 Å². The highest BCUT2D eigenvalue weighted by molar-refractivity contribution is 5.89. The fraction of sp³-hybridized carbons (Fsp3) is 0.417. The second-order valence-electron chi connectivity index (χ2n) is 4.16. The Bertz CT molecular complexity index is 434. The molecule has 17 heavy (non-hydrogen) atoms. The topological polar surface area (TPSA) is 70.6 Å². The van der Waals surface area contributed by atoms with Gasteiger partial charge in [-0.25, -0.2) is 4.79 Å². The van der Waals surface area contributed by atoms with Crippen molar-refractivity contribution in [1.29, 1.82) is 0 Å². The molecular formula is C12H16N2O3. The van der Waals surface area contributed by atoms with Gasteiger partial charge in [0.05, 0.1) is 17.3 Å². The zero-order valence-corrected chi connectivity index (χ0v) is 9.86. The fourth-order valence-corrected chi connectivity index (χ4v) is 1.90. The highest BCUT2D eigenvalue weighted by atomic mass is 16.5. The van der Waals surface area contributed by atoms with Gasteiger partial charge in [-0.3, -0.25) is 0 Å².